The molecule has 1 atom stereocenters. The minimum absolute atomic E-state index is 0.311. The summed E-state index contributed by atoms with van der Waals surface area (Å²) in [5.41, 5.74) is 0.504. The van der Waals surface area contributed by atoms with Crippen LogP contribution in [0.5, 0.6) is 5.75 Å². The van der Waals surface area contributed by atoms with E-state index in [-0.39, 0.29) is 6.10 Å². The number of nitrogens with zero attached hydrogens (tertiary/aromatic N) is 1. The summed E-state index contributed by atoms with van der Waals surface area (Å²) >= 11 is 0. The van der Waals surface area contributed by atoms with E-state index in [2.05, 4.69) is 5.92 Å². The maximum atomic E-state index is 8.72. The van der Waals surface area contributed by atoms with Crippen LogP contribution < -0.4 is 4.74 Å². The van der Waals surface area contributed by atoms with E-state index >= 15 is 0 Å². The van der Waals surface area contributed by atoms with Crippen molar-refractivity contribution in [3.8, 4) is 24.2 Å². The first-order valence-corrected chi connectivity index (χ1v) is 3.90. The predicted octanol–water partition coefficient (Wildman–Crippen LogP) is 1.96. The smallest absolute Gasteiger partial charge is 0.156 e. The third kappa shape index (κ3) is 2.25. The number of para-hydroxylation sites is 1. The third-order valence-electron chi connectivity index (χ3n) is 1.55. The Labute approximate surface area is 77.8 Å². The molecule has 0 N–H and O–H groups in total. The van der Waals surface area contributed by atoms with Crippen LogP contribution in [0.4, 0.5) is 0 Å². The minimum atomic E-state index is -0.311. The molecular weight excluding hydrogens is 162 g/mol. The van der Waals surface area contributed by atoms with Crippen molar-refractivity contribution in [3.63, 3.8) is 0 Å². The molecule has 0 saturated heterocycles. The quantitative estimate of drug-likeness (QED) is 0.637. The Kier molecular flexibility index (Phi) is 2.95. The first-order valence-electron chi connectivity index (χ1n) is 3.90. The molecule has 1 unspecified atom stereocenters. The lowest BCUT2D eigenvalue weighted by atomic mass is 10.2. The standard InChI is InChI=1S/C11H9NO/c1-3-9(2)13-11-7-5-4-6-10(11)8-12/h1,4-7,9H,2H3. The van der Waals surface area contributed by atoms with Gasteiger partial charge in [-0.25, -0.2) is 0 Å². The summed E-state index contributed by atoms with van der Waals surface area (Å²) in [5.74, 6) is 2.97. The van der Waals surface area contributed by atoms with Gasteiger partial charge in [0.2, 0.25) is 0 Å². The van der Waals surface area contributed by atoms with Crippen LogP contribution in [0.25, 0.3) is 0 Å². The Hall–Kier alpha value is -1.93. The van der Waals surface area contributed by atoms with Gasteiger partial charge in [0.25, 0.3) is 0 Å². The zero-order valence-electron chi connectivity index (χ0n) is 7.32. The summed E-state index contributed by atoms with van der Waals surface area (Å²) in [6, 6.07) is 9.04. The van der Waals surface area contributed by atoms with E-state index in [9.17, 15) is 0 Å². The molecule has 0 bridgehead atoms. The van der Waals surface area contributed by atoms with Crippen molar-refractivity contribution in [1.29, 1.82) is 5.26 Å². The topological polar surface area (TPSA) is 33.0 Å². The Morgan fingerprint density at radius 3 is 2.77 bits per heavy atom. The minimum Gasteiger partial charge on any atom is -0.477 e. The zero-order chi connectivity index (χ0) is 9.68. The van der Waals surface area contributed by atoms with Crippen molar-refractivity contribution in [1.82, 2.24) is 0 Å². The van der Waals surface area contributed by atoms with Gasteiger partial charge >= 0.3 is 0 Å². The maximum Gasteiger partial charge on any atom is 0.156 e. The van der Waals surface area contributed by atoms with Crippen molar-refractivity contribution >= 4 is 0 Å². The zero-order valence-corrected chi connectivity index (χ0v) is 7.32. The van der Waals surface area contributed by atoms with Gasteiger partial charge in [-0.15, -0.1) is 6.42 Å². The van der Waals surface area contributed by atoms with Crippen LogP contribution in [0.15, 0.2) is 24.3 Å². The van der Waals surface area contributed by atoms with Crippen LogP contribution in [-0.4, -0.2) is 6.10 Å². The van der Waals surface area contributed by atoms with Gasteiger partial charge in [0.05, 0.1) is 5.56 Å². The highest BCUT2D eigenvalue weighted by atomic mass is 16.5. The molecule has 0 heterocycles. The van der Waals surface area contributed by atoms with Crippen LogP contribution in [0.2, 0.25) is 0 Å². The molecule has 0 aliphatic rings. The summed E-state index contributed by atoms with van der Waals surface area (Å²) in [6.07, 6.45) is 4.84. The summed E-state index contributed by atoms with van der Waals surface area (Å²) in [6.45, 7) is 1.76. The van der Waals surface area contributed by atoms with E-state index in [1.54, 1.807) is 31.2 Å². The Morgan fingerprint density at radius 1 is 1.46 bits per heavy atom. The van der Waals surface area contributed by atoms with Gasteiger partial charge in [0.15, 0.2) is 6.10 Å². The molecule has 64 valence electrons. The van der Waals surface area contributed by atoms with Crippen molar-refractivity contribution in [2.24, 2.45) is 0 Å². The van der Waals surface area contributed by atoms with E-state index < -0.39 is 0 Å². The first-order chi connectivity index (χ1) is 6.27. The summed E-state index contributed by atoms with van der Waals surface area (Å²) in [7, 11) is 0. The largest absolute Gasteiger partial charge is 0.477 e. The van der Waals surface area contributed by atoms with Crippen LogP contribution in [0.1, 0.15) is 12.5 Å². The lowest BCUT2D eigenvalue weighted by molar-refractivity contribution is 0.278. The number of rotatable bonds is 2. The van der Waals surface area contributed by atoms with Gasteiger partial charge in [-0.2, -0.15) is 5.26 Å². The molecule has 0 aliphatic heterocycles. The number of nitriles is 1. The Balaban J connectivity index is 2.90. The lowest BCUT2D eigenvalue weighted by Gasteiger charge is -2.09. The van der Waals surface area contributed by atoms with E-state index in [1.165, 1.54) is 0 Å². The summed E-state index contributed by atoms with van der Waals surface area (Å²) in [5, 5.41) is 8.72. The molecule has 2 nitrogen and oxygen atoms in total. The Bertz CT molecular complexity index is 370. The van der Waals surface area contributed by atoms with E-state index in [1.807, 2.05) is 6.07 Å². The number of hydrogen-bond acceptors (Lipinski definition) is 2. The van der Waals surface area contributed by atoms with Crippen molar-refractivity contribution in [3.05, 3.63) is 29.8 Å². The van der Waals surface area contributed by atoms with Gasteiger partial charge in [-0.3, -0.25) is 0 Å². The molecular formula is C11H9NO. The summed E-state index contributed by atoms with van der Waals surface area (Å²) < 4.78 is 5.33. The molecule has 2 heteroatoms. The fourth-order valence-electron chi connectivity index (χ4n) is 0.886. The fourth-order valence-corrected chi connectivity index (χ4v) is 0.886. The van der Waals surface area contributed by atoms with Crippen molar-refractivity contribution in [2.75, 3.05) is 0 Å². The van der Waals surface area contributed by atoms with Crippen LogP contribution in [-0.2, 0) is 0 Å². The molecule has 1 aromatic rings. The van der Waals surface area contributed by atoms with Crippen molar-refractivity contribution < 1.29 is 4.74 Å². The van der Waals surface area contributed by atoms with Crippen molar-refractivity contribution in [2.45, 2.75) is 13.0 Å². The number of ether oxygens (including phenoxy) is 1. The SMILES string of the molecule is C#CC(C)Oc1ccccc1C#N. The molecule has 0 spiro atoms. The first kappa shape index (κ1) is 9.16. The molecule has 1 aromatic carbocycles. The number of benzene rings is 1. The van der Waals surface area contributed by atoms with Gasteiger partial charge < -0.3 is 4.74 Å². The molecule has 0 radical (unpaired) electrons. The molecule has 0 aliphatic carbocycles. The van der Waals surface area contributed by atoms with Gasteiger partial charge in [0, 0.05) is 0 Å². The summed E-state index contributed by atoms with van der Waals surface area (Å²) in [4.78, 5) is 0. The highest BCUT2D eigenvalue weighted by molar-refractivity contribution is 5.42. The maximum absolute atomic E-state index is 8.72. The molecule has 0 aromatic heterocycles. The molecule has 0 saturated carbocycles. The van der Waals surface area contributed by atoms with Gasteiger partial charge in [0.1, 0.15) is 11.8 Å². The van der Waals surface area contributed by atoms with Crippen LogP contribution >= 0.6 is 0 Å². The van der Waals surface area contributed by atoms with Gasteiger partial charge in [-0.1, -0.05) is 18.1 Å². The van der Waals surface area contributed by atoms with E-state index in [0.29, 0.717) is 11.3 Å². The average molecular weight is 171 g/mol. The monoisotopic (exact) mass is 171 g/mol. The number of hydrogen-bond donors (Lipinski definition) is 0. The second-order valence-electron chi connectivity index (χ2n) is 2.53. The average Bonchev–Trinajstić information content (AvgIpc) is 2.18. The highest BCUT2D eigenvalue weighted by Crippen LogP contribution is 2.17. The van der Waals surface area contributed by atoms with E-state index in [0.717, 1.165) is 0 Å². The second-order valence-corrected chi connectivity index (χ2v) is 2.53. The lowest BCUT2D eigenvalue weighted by Crippen LogP contribution is -2.08. The predicted molar refractivity (Wildman–Crippen MR) is 50.1 cm³/mol. The van der Waals surface area contributed by atoms with Crippen LogP contribution in [0.3, 0.4) is 0 Å². The number of terminal acetylenes is 1. The molecule has 0 fully saturated rings. The molecule has 0 amide bonds. The fraction of sp³-hybridized carbons (Fsp3) is 0.182. The highest BCUT2D eigenvalue weighted by Gasteiger charge is 2.03. The molecule has 13 heavy (non-hydrogen) atoms. The second kappa shape index (κ2) is 4.18. The third-order valence-corrected chi connectivity index (χ3v) is 1.55. The Morgan fingerprint density at radius 2 is 2.15 bits per heavy atom. The van der Waals surface area contributed by atoms with Crippen LogP contribution in [0, 0.1) is 23.7 Å². The van der Waals surface area contributed by atoms with E-state index in [4.69, 9.17) is 16.4 Å². The normalized spacial score (nSPS) is 11.0. The molecule has 1 rings (SSSR count). The van der Waals surface area contributed by atoms with Gasteiger partial charge in [-0.05, 0) is 19.1 Å².